The van der Waals surface area contributed by atoms with E-state index in [1.807, 2.05) is 64.2 Å². The number of nitrogens with zero attached hydrogens (tertiary/aromatic N) is 4. The Hall–Kier alpha value is -3.19. The summed E-state index contributed by atoms with van der Waals surface area (Å²) in [5.74, 6) is -0.0490. The number of carbonyl (C=O) groups is 2. The molecule has 1 fully saturated rings. The van der Waals surface area contributed by atoms with Crippen LogP contribution in [0.1, 0.15) is 34.2 Å². The molecule has 1 aromatic heterocycles. The van der Waals surface area contributed by atoms with Crippen LogP contribution in [-0.4, -0.2) is 70.7 Å². The predicted molar refractivity (Wildman–Crippen MR) is 121 cm³/mol. The average Bonchev–Trinajstić information content (AvgIpc) is 3.19. The van der Waals surface area contributed by atoms with E-state index < -0.39 is 0 Å². The van der Waals surface area contributed by atoms with Crippen molar-refractivity contribution in [1.82, 2.24) is 24.9 Å². The van der Waals surface area contributed by atoms with E-state index >= 15 is 0 Å². The summed E-state index contributed by atoms with van der Waals surface area (Å²) in [5.41, 5.74) is 2.22. The molecular formula is C24H29N5O2. The number of aromatic nitrogens is 2. The van der Waals surface area contributed by atoms with Gasteiger partial charge in [-0.15, -0.1) is 0 Å². The molecule has 2 aromatic carbocycles. The zero-order valence-corrected chi connectivity index (χ0v) is 18.0. The summed E-state index contributed by atoms with van der Waals surface area (Å²) < 4.78 is 1.91. The first-order valence-electron chi connectivity index (χ1n) is 11.0. The molecule has 0 unspecified atom stereocenters. The first-order chi connectivity index (χ1) is 15.2. The smallest absolute Gasteiger partial charge is 0.272 e. The van der Waals surface area contributed by atoms with Crippen molar-refractivity contribution in [2.24, 2.45) is 0 Å². The molecule has 3 aromatic rings. The van der Waals surface area contributed by atoms with Crippen LogP contribution in [-0.2, 0) is 6.54 Å². The molecular weight excluding hydrogens is 390 g/mol. The van der Waals surface area contributed by atoms with E-state index in [4.69, 9.17) is 0 Å². The lowest BCUT2D eigenvalue weighted by Crippen LogP contribution is -2.50. The summed E-state index contributed by atoms with van der Waals surface area (Å²) in [6.07, 6.45) is 0.964. The van der Waals surface area contributed by atoms with Crippen molar-refractivity contribution < 1.29 is 9.59 Å². The lowest BCUT2D eigenvalue weighted by atomic mass is 10.2. The van der Waals surface area contributed by atoms with Crippen molar-refractivity contribution in [3.05, 3.63) is 65.9 Å². The second-order valence-electron chi connectivity index (χ2n) is 7.84. The van der Waals surface area contributed by atoms with Crippen LogP contribution in [0.2, 0.25) is 0 Å². The van der Waals surface area contributed by atoms with Crippen LogP contribution in [0.5, 0.6) is 0 Å². The lowest BCUT2D eigenvalue weighted by molar-refractivity contribution is 0.0638. The Morgan fingerprint density at radius 3 is 2.39 bits per heavy atom. The quantitative estimate of drug-likeness (QED) is 0.639. The second-order valence-corrected chi connectivity index (χ2v) is 7.84. The Bertz CT molecular complexity index is 1040. The molecule has 0 atom stereocenters. The third kappa shape index (κ3) is 4.77. The highest BCUT2D eigenvalue weighted by Gasteiger charge is 2.22. The Labute approximate surface area is 182 Å². The van der Waals surface area contributed by atoms with Crippen LogP contribution < -0.4 is 5.32 Å². The van der Waals surface area contributed by atoms with Crippen molar-refractivity contribution in [2.45, 2.75) is 19.9 Å². The Morgan fingerprint density at radius 1 is 0.935 bits per heavy atom. The van der Waals surface area contributed by atoms with Crippen molar-refractivity contribution in [2.75, 3.05) is 39.3 Å². The van der Waals surface area contributed by atoms with E-state index in [0.29, 0.717) is 25.3 Å². The van der Waals surface area contributed by atoms with E-state index in [1.165, 1.54) is 0 Å². The zero-order chi connectivity index (χ0) is 21.6. The maximum Gasteiger partial charge on any atom is 0.272 e. The van der Waals surface area contributed by atoms with Gasteiger partial charge >= 0.3 is 0 Å². The number of fused-ring (bicyclic) bond motifs is 1. The predicted octanol–water partition coefficient (Wildman–Crippen LogP) is 2.63. The van der Waals surface area contributed by atoms with Gasteiger partial charge in [-0.25, -0.2) is 0 Å². The highest BCUT2D eigenvalue weighted by molar-refractivity contribution is 6.04. The summed E-state index contributed by atoms with van der Waals surface area (Å²) in [6, 6.07) is 17.3. The minimum absolute atomic E-state index is 0.0862. The van der Waals surface area contributed by atoms with E-state index in [-0.39, 0.29) is 11.8 Å². The van der Waals surface area contributed by atoms with Crippen LogP contribution in [0.3, 0.4) is 0 Å². The van der Waals surface area contributed by atoms with Crippen LogP contribution >= 0.6 is 0 Å². The molecule has 0 spiro atoms. The fraction of sp³-hybridized carbons (Fsp3) is 0.375. The fourth-order valence-corrected chi connectivity index (χ4v) is 4.03. The highest BCUT2D eigenvalue weighted by atomic mass is 16.2. The van der Waals surface area contributed by atoms with Gasteiger partial charge in [0.15, 0.2) is 5.69 Å². The van der Waals surface area contributed by atoms with Crippen molar-refractivity contribution >= 4 is 22.7 Å². The number of carbonyl (C=O) groups excluding carboxylic acids is 2. The maximum absolute atomic E-state index is 12.8. The number of para-hydroxylation sites is 1. The van der Waals surface area contributed by atoms with E-state index in [2.05, 4.69) is 22.2 Å². The van der Waals surface area contributed by atoms with Gasteiger partial charge in [-0.1, -0.05) is 43.3 Å². The summed E-state index contributed by atoms with van der Waals surface area (Å²) in [5, 5.41) is 8.46. The summed E-state index contributed by atoms with van der Waals surface area (Å²) in [6.45, 7) is 7.22. The van der Waals surface area contributed by atoms with Gasteiger partial charge in [-0.2, -0.15) is 5.10 Å². The topological polar surface area (TPSA) is 70.5 Å². The third-order valence-corrected chi connectivity index (χ3v) is 5.70. The molecule has 1 N–H and O–H groups in total. The molecule has 31 heavy (non-hydrogen) atoms. The van der Waals surface area contributed by atoms with Gasteiger partial charge in [0.25, 0.3) is 11.8 Å². The van der Waals surface area contributed by atoms with E-state index in [1.54, 1.807) is 0 Å². The molecule has 7 nitrogen and oxygen atoms in total. The maximum atomic E-state index is 12.8. The Balaban J connectivity index is 1.27. The lowest BCUT2D eigenvalue weighted by Gasteiger charge is -2.34. The summed E-state index contributed by atoms with van der Waals surface area (Å²) in [4.78, 5) is 29.5. The number of benzene rings is 2. The average molecular weight is 420 g/mol. The molecule has 0 bridgehead atoms. The molecule has 4 rings (SSSR count). The van der Waals surface area contributed by atoms with Crippen LogP contribution in [0.25, 0.3) is 10.9 Å². The molecule has 0 aliphatic carbocycles. The van der Waals surface area contributed by atoms with Gasteiger partial charge in [0, 0.05) is 56.8 Å². The van der Waals surface area contributed by atoms with Crippen molar-refractivity contribution in [3.8, 4) is 0 Å². The normalized spacial score (nSPS) is 14.7. The van der Waals surface area contributed by atoms with Gasteiger partial charge in [0.1, 0.15) is 0 Å². The highest BCUT2D eigenvalue weighted by Crippen LogP contribution is 2.18. The standard InChI is InChI=1S/C24H29N5O2/c1-2-13-29-21-11-7-6-10-20(21)22(26-29)23(30)25-12-14-27-15-17-28(18-16-27)24(31)19-8-4-3-5-9-19/h3-11H,2,12-18H2,1H3,(H,25,30). The van der Waals surface area contributed by atoms with Gasteiger partial charge in [-0.3, -0.25) is 19.2 Å². The molecule has 2 amide bonds. The second kappa shape index (κ2) is 9.75. The number of nitrogens with one attached hydrogen (secondary N) is 1. The van der Waals surface area contributed by atoms with Crippen molar-refractivity contribution in [1.29, 1.82) is 0 Å². The van der Waals surface area contributed by atoms with Crippen LogP contribution in [0.15, 0.2) is 54.6 Å². The van der Waals surface area contributed by atoms with Gasteiger partial charge in [0.2, 0.25) is 0 Å². The number of amides is 2. The van der Waals surface area contributed by atoms with Gasteiger partial charge in [0.05, 0.1) is 5.52 Å². The van der Waals surface area contributed by atoms with Crippen molar-refractivity contribution in [3.63, 3.8) is 0 Å². The number of piperazine rings is 1. The van der Waals surface area contributed by atoms with Gasteiger partial charge in [-0.05, 0) is 24.6 Å². The molecule has 1 aliphatic rings. The molecule has 0 saturated carbocycles. The molecule has 7 heteroatoms. The number of aryl methyl sites for hydroxylation is 1. The molecule has 1 saturated heterocycles. The molecule has 162 valence electrons. The fourth-order valence-electron chi connectivity index (χ4n) is 4.03. The number of hydrogen-bond donors (Lipinski definition) is 1. The minimum Gasteiger partial charge on any atom is -0.349 e. The molecule has 1 aliphatic heterocycles. The Morgan fingerprint density at radius 2 is 1.65 bits per heavy atom. The van der Waals surface area contributed by atoms with Crippen LogP contribution in [0.4, 0.5) is 0 Å². The monoisotopic (exact) mass is 419 g/mol. The first-order valence-corrected chi connectivity index (χ1v) is 11.0. The number of hydrogen-bond acceptors (Lipinski definition) is 4. The minimum atomic E-state index is -0.135. The molecule has 2 heterocycles. The SMILES string of the molecule is CCCn1nc(C(=O)NCCN2CCN(C(=O)c3ccccc3)CC2)c2ccccc21. The number of rotatable bonds is 7. The van der Waals surface area contributed by atoms with E-state index in [0.717, 1.165) is 49.1 Å². The summed E-state index contributed by atoms with van der Waals surface area (Å²) >= 11 is 0. The van der Waals surface area contributed by atoms with E-state index in [9.17, 15) is 9.59 Å². The largest absolute Gasteiger partial charge is 0.349 e. The third-order valence-electron chi connectivity index (χ3n) is 5.70. The zero-order valence-electron chi connectivity index (χ0n) is 18.0. The summed E-state index contributed by atoms with van der Waals surface area (Å²) in [7, 11) is 0. The van der Waals surface area contributed by atoms with Crippen LogP contribution in [0, 0.1) is 0 Å². The van der Waals surface area contributed by atoms with Gasteiger partial charge < -0.3 is 10.2 Å². The first kappa shape index (κ1) is 21.1. The molecule has 0 radical (unpaired) electrons. The Kier molecular flexibility index (Phi) is 6.62.